The third kappa shape index (κ3) is 3.81. The van der Waals surface area contributed by atoms with Gasteiger partial charge in [0.1, 0.15) is 0 Å². The minimum absolute atomic E-state index is 0.288. The first-order valence-electron chi connectivity index (χ1n) is 7.40. The smallest absolute Gasteiger partial charge is 0.0826 e. The SMILES string of the molecule is CCc1nn(CC)c(CN(C)CC2CNCCO2)c1Br. The zero-order chi connectivity index (χ0) is 14.5. The molecule has 0 bridgehead atoms. The molecule has 0 aliphatic carbocycles. The number of nitrogens with one attached hydrogen (secondary N) is 1. The molecule has 5 nitrogen and oxygen atoms in total. The highest BCUT2D eigenvalue weighted by Crippen LogP contribution is 2.23. The van der Waals surface area contributed by atoms with Gasteiger partial charge in [-0.1, -0.05) is 6.92 Å². The van der Waals surface area contributed by atoms with Crippen molar-refractivity contribution in [3.05, 3.63) is 15.9 Å². The molecule has 1 aliphatic rings. The molecule has 0 radical (unpaired) electrons. The molecule has 114 valence electrons. The summed E-state index contributed by atoms with van der Waals surface area (Å²) in [4.78, 5) is 2.31. The summed E-state index contributed by atoms with van der Waals surface area (Å²) in [7, 11) is 2.14. The zero-order valence-electron chi connectivity index (χ0n) is 12.7. The van der Waals surface area contributed by atoms with Crippen molar-refractivity contribution in [3.8, 4) is 0 Å². The Bertz CT molecular complexity index is 429. The van der Waals surface area contributed by atoms with Crippen molar-refractivity contribution in [2.75, 3.05) is 33.3 Å². The maximum absolute atomic E-state index is 5.76. The third-order valence-electron chi connectivity index (χ3n) is 3.63. The Morgan fingerprint density at radius 1 is 1.50 bits per heavy atom. The quantitative estimate of drug-likeness (QED) is 0.851. The molecule has 1 N–H and O–H groups in total. The van der Waals surface area contributed by atoms with Crippen LogP contribution in [0.5, 0.6) is 0 Å². The molecule has 0 amide bonds. The van der Waals surface area contributed by atoms with E-state index >= 15 is 0 Å². The monoisotopic (exact) mass is 344 g/mol. The number of likely N-dealkylation sites (N-methyl/N-ethyl adjacent to an activating group) is 1. The third-order valence-corrected chi connectivity index (χ3v) is 4.55. The Labute approximate surface area is 129 Å². The van der Waals surface area contributed by atoms with E-state index < -0.39 is 0 Å². The molecule has 6 heteroatoms. The summed E-state index contributed by atoms with van der Waals surface area (Å²) < 4.78 is 9.02. The molecule has 20 heavy (non-hydrogen) atoms. The molecule has 2 heterocycles. The van der Waals surface area contributed by atoms with Crippen LogP contribution in [-0.2, 0) is 24.2 Å². The maximum Gasteiger partial charge on any atom is 0.0826 e. The van der Waals surface area contributed by atoms with Crippen molar-refractivity contribution in [1.82, 2.24) is 20.0 Å². The van der Waals surface area contributed by atoms with Crippen molar-refractivity contribution in [2.24, 2.45) is 0 Å². The van der Waals surface area contributed by atoms with Crippen molar-refractivity contribution in [3.63, 3.8) is 0 Å². The molecule has 1 fully saturated rings. The number of halogens is 1. The highest BCUT2D eigenvalue weighted by molar-refractivity contribution is 9.10. The van der Waals surface area contributed by atoms with Crippen LogP contribution in [0.25, 0.3) is 0 Å². The minimum Gasteiger partial charge on any atom is -0.374 e. The molecule has 1 atom stereocenters. The Hall–Kier alpha value is -0.430. The van der Waals surface area contributed by atoms with Crippen LogP contribution in [0.4, 0.5) is 0 Å². The van der Waals surface area contributed by atoms with E-state index in [2.05, 4.69) is 56.8 Å². The van der Waals surface area contributed by atoms with Gasteiger partial charge in [0, 0.05) is 32.7 Å². The number of ether oxygens (including phenoxy) is 1. The molecular weight excluding hydrogens is 320 g/mol. The van der Waals surface area contributed by atoms with E-state index in [0.29, 0.717) is 0 Å². The van der Waals surface area contributed by atoms with Crippen molar-refractivity contribution >= 4 is 15.9 Å². The highest BCUT2D eigenvalue weighted by atomic mass is 79.9. The summed E-state index contributed by atoms with van der Waals surface area (Å²) >= 11 is 3.70. The lowest BCUT2D eigenvalue weighted by Crippen LogP contribution is -2.44. The van der Waals surface area contributed by atoms with Crippen LogP contribution in [0, 0.1) is 0 Å². The Morgan fingerprint density at radius 2 is 2.30 bits per heavy atom. The fraction of sp³-hybridized carbons (Fsp3) is 0.786. The summed E-state index contributed by atoms with van der Waals surface area (Å²) in [5.41, 5.74) is 2.40. The predicted molar refractivity (Wildman–Crippen MR) is 83.9 cm³/mol. The van der Waals surface area contributed by atoms with Crippen LogP contribution < -0.4 is 5.32 Å². The summed E-state index contributed by atoms with van der Waals surface area (Å²) in [6, 6.07) is 0. The van der Waals surface area contributed by atoms with Gasteiger partial charge >= 0.3 is 0 Å². The van der Waals surface area contributed by atoms with Gasteiger partial charge in [-0.15, -0.1) is 0 Å². The Balaban J connectivity index is 1.99. The second-order valence-electron chi connectivity index (χ2n) is 5.27. The number of rotatable bonds is 6. The molecule has 1 saturated heterocycles. The number of aryl methyl sites for hydroxylation is 2. The first-order valence-corrected chi connectivity index (χ1v) is 8.19. The highest BCUT2D eigenvalue weighted by Gasteiger charge is 2.19. The van der Waals surface area contributed by atoms with Crippen molar-refractivity contribution in [2.45, 2.75) is 39.5 Å². The van der Waals surface area contributed by atoms with Gasteiger partial charge in [0.2, 0.25) is 0 Å². The van der Waals surface area contributed by atoms with Gasteiger partial charge < -0.3 is 10.1 Å². The van der Waals surface area contributed by atoms with E-state index in [1.54, 1.807) is 0 Å². The molecule has 1 unspecified atom stereocenters. The fourth-order valence-electron chi connectivity index (χ4n) is 2.57. The number of nitrogens with zero attached hydrogens (tertiary/aromatic N) is 3. The summed E-state index contributed by atoms with van der Waals surface area (Å²) in [6.45, 7) is 9.74. The van der Waals surface area contributed by atoms with Crippen LogP contribution >= 0.6 is 15.9 Å². The van der Waals surface area contributed by atoms with Crippen LogP contribution in [0.3, 0.4) is 0 Å². The molecule has 0 saturated carbocycles. The molecule has 0 spiro atoms. The summed E-state index contributed by atoms with van der Waals surface area (Å²) in [6.07, 6.45) is 1.25. The zero-order valence-corrected chi connectivity index (χ0v) is 14.2. The van der Waals surface area contributed by atoms with E-state index in [1.807, 2.05) is 0 Å². The average molecular weight is 345 g/mol. The minimum atomic E-state index is 0.288. The Morgan fingerprint density at radius 3 is 2.90 bits per heavy atom. The lowest BCUT2D eigenvalue weighted by Gasteiger charge is -2.28. The normalized spacial score (nSPS) is 19.8. The fourth-order valence-corrected chi connectivity index (χ4v) is 3.26. The van der Waals surface area contributed by atoms with E-state index in [9.17, 15) is 0 Å². The maximum atomic E-state index is 5.76. The number of aromatic nitrogens is 2. The topological polar surface area (TPSA) is 42.3 Å². The van der Waals surface area contributed by atoms with Gasteiger partial charge in [-0.3, -0.25) is 9.58 Å². The van der Waals surface area contributed by atoms with E-state index in [0.717, 1.165) is 55.9 Å². The van der Waals surface area contributed by atoms with Gasteiger partial charge in [0.05, 0.1) is 28.6 Å². The summed E-state index contributed by atoms with van der Waals surface area (Å²) in [5, 5.41) is 8.02. The van der Waals surface area contributed by atoms with Gasteiger partial charge in [0.25, 0.3) is 0 Å². The second-order valence-corrected chi connectivity index (χ2v) is 6.06. The Kier molecular flexibility index (Phi) is 6.01. The van der Waals surface area contributed by atoms with E-state index in [1.165, 1.54) is 5.69 Å². The molecule has 1 aliphatic heterocycles. The van der Waals surface area contributed by atoms with Gasteiger partial charge in [-0.2, -0.15) is 5.10 Å². The number of hydrogen-bond donors (Lipinski definition) is 1. The second kappa shape index (κ2) is 7.54. The van der Waals surface area contributed by atoms with E-state index in [-0.39, 0.29) is 6.10 Å². The summed E-state index contributed by atoms with van der Waals surface area (Å²) in [5.74, 6) is 0. The molecule has 2 rings (SSSR count). The molecule has 0 aromatic carbocycles. The van der Waals surface area contributed by atoms with Gasteiger partial charge in [0.15, 0.2) is 0 Å². The standard InChI is InChI=1S/C14H25BrN4O/c1-4-12-14(15)13(19(5-2)17-12)10-18(3)9-11-8-16-6-7-20-11/h11,16H,4-10H2,1-3H3. The lowest BCUT2D eigenvalue weighted by molar-refractivity contribution is 0.00846. The van der Waals surface area contributed by atoms with Gasteiger partial charge in [-0.05, 0) is 36.3 Å². The molecular formula is C14H25BrN4O. The van der Waals surface area contributed by atoms with Crippen LogP contribution in [0.1, 0.15) is 25.2 Å². The number of morpholine rings is 1. The van der Waals surface area contributed by atoms with Crippen LogP contribution in [0.2, 0.25) is 0 Å². The lowest BCUT2D eigenvalue weighted by atomic mass is 10.2. The van der Waals surface area contributed by atoms with E-state index in [4.69, 9.17) is 4.74 Å². The first kappa shape index (κ1) is 15.9. The van der Waals surface area contributed by atoms with Crippen molar-refractivity contribution < 1.29 is 4.74 Å². The van der Waals surface area contributed by atoms with Crippen LogP contribution in [-0.4, -0.2) is 54.1 Å². The first-order chi connectivity index (χ1) is 9.65. The van der Waals surface area contributed by atoms with Gasteiger partial charge in [-0.25, -0.2) is 0 Å². The van der Waals surface area contributed by atoms with Crippen LogP contribution in [0.15, 0.2) is 4.47 Å². The molecule has 1 aromatic heterocycles. The predicted octanol–water partition coefficient (Wildman–Crippen LogP) is 1.65. The number of hydrogen-bond acceptors (Lipinski definition) is 4. The largest absolute Gasteiger partial charge is 0.374 e. The average Bonchev–Trinajstić information content (AvgIpc) is 2.76. The van der Waals surface area contributed by atoms with Crippen molar-refractivity contribution in [1.29, 1.82) is 0 Å². The molecule has 1 aromatic rings.